The molecule has 1 aromatic heterocycles. The fraction of sp³-hybridized carbons (Fsp3) is 0.471. The molecule has 0 unspecified atom stereocenters. The number of nitrogens with one attached hydrogen (secondary N) is 1. The normalized spacial score (nSPS) is 16.3. The highest BCUT2D eigenvalue weighted by Crippen LogP contribution is 2.51. The van der Waals surface area contributed by atoms with Gasteiger partial charge in [0.05, 0.1) is 5.41 Å². The van der Waals surface area contributed by atoms with Crippen molar-refractivity contribution in [3.05, 3.63) is 36.0 Å². The number of rotatable bonds is 5. The maximum absolute atomic E-state index is 12.8. The Bertz CT molecular complexity index is 625. The number of aromatic nitrogens is 1. The molecule has 3 rings (SSSR count). The summed E-state index contributed by atoms with van der Waals surface area (Å²) in [6.07, 6.45) is 6.18. The summed E-state index contributed by atoms with van der Waals surface area (Å²) in [7, 11) is 1.94. The number of fused-ring (bicyclic) bond motifs is 1. The minimum absolute atomic E-state index is 0.262. The first-order valence-corrected chi connectivity index (χ1v) is 7.51. The van der Waals surface area contributed by atoms with Crippen LogP contribution >= 0.6 is 0 Å². The Balaban J connectivity index is 1.90. The predicted octanol–water partition coefficient (Wildman–Crippen LogP) is 3.46. The number of carbonyl (C=O) groups excluding carboxylic acids is 1. The fourth-order valence-corrected chi connectivity index (χ4v) is 3.05. The van der Waals surface area contributed by atoms with E-state index < -0.39 is 0 Å². The average Bonchev–Trinajstić information content (AvgIpc) is 3.17. The minimum Gasteiger partial charge on any atom is -0.361 e. The van der Waals surface area contributed by atoms with Crippen molar-refractivity contribution in [2.75, 3.05) is 13.6 Å². The van der Waals surface area contributed by atoms with Crippen LogP contribution in [0.25, 0.3) is 10.9 Å². The number of aromatic amines is 1. The van der Waals surface area contributed by atoms with Crippen LogP contribution in [-0.4, -0.2) is 29.4 Å². The Morgan fingerprint density at radius 1 is 1.35 bits per heavy atom. The highest BCUT2D eigenvalue weighted by atomic mass is 16.2. The van der Waals surface area contributed by atoms with Gasteiger partial charge in [0.1, 0.15) is 0 Å². The van der Waals surface area contributed by atoms with E-state index in [-0.39, 0.29) is 11.3 Å². The van der Waals surface area contributed by atoms with Gasteiger partial charge in [-0.1, -0.05) is 31.5 Å². The van der Waals surface area contributed by atoms with Gasteiger partial charge in [-0.2, -0.15) is 0 Å². The molecule has 0 radical (unpaired) electrons. The van der Waals surface area contributed by atoms with Crippen molar-refractivity contribution in [2.24, 2.45) is 0 Å². The molecule has 1 heterocycles. The van der Waals surface area contributed by atoms with E-state index in [1.54, 1.807) is 0 Å². The number of amides is 1. The molecule has 0 atom stereocenters. The summed E-state index contributed by atoms with van der Waals surface area (Å²) in [6, 6.07) is 8.25. The van der Waals surface area contributed by atoms with Crippen molar-refractivity contribution < 1.29 is 4.79 Å². The van der Waals surface area contributed by atoms with Gasteiger partial charge in [-0.15, -0.1) is 0 Å². The topological polar surface area (TPSA) is 36.1 Å². The molecule has 0 aliphatic heterocycles. The van der Waals surface area contributed by atoms with Gasteiger partial charge in [-0.3, -0.25) is 4.79 Å². The third-order valence-electron chi connectivity index (χ3n) is 4.46. The van der Waals surface area contributed by atoms with Crippen molar-refractivity contribution in [1.82, 2.24) is 9.88 Å². The Morgan fingerprint density at radius 3 is 2.80 bits per heavy atom. The van der Waals surface area contributed by atoms with E-state index in [1.807, 2.05) is 30.3 Å². The number of benzene rings is 1. The van der Waals surface area contributed by atoms with Gasteiger partial charge in [0.25, 0.3) is 0 Å². The monoisotopic (exact) mass is 270 g/mol. The van der Waals surface area contributed by atoms with Gasteiger partial charge in [-0.25, -0.2) is 0 Å². The van der Waals surface area contributed by atoms with Crippen LogP contribution in [0.4, 0.5) is 0 Å². The van der Waals surface area contributed by atoms with E-state index in [0.29, 0.717) is 0 Å². The summed E-state index contributed by atoms with van der Waals surface area (Å²) in [5, 5.41) is 1.20. The lowest BCUT2D eigenvalue weighted by Gasteiger charge is -2.23. The zero-order valence-electron chi connectivity index (χ0n) is 12.3. The second kappa shape index (κ2) is 4.97. The number of likely N-dealkylation sites (N-methyl/N-ethyl adjacent to an activating group) is 1. The van der Waals surface area contributed by atoms with Gasteiger partial charge in [0, 0.05) is 30.7 Å². The molecule has 1 saturated carbocycles. The first-order valence-electron chi connectivity index (χ1n) is 7.51. The summed E-state index contributed by atoms with van der Waals surface area (Å²) in [4.78, 5) is 18.0. The van der Waals surface area contributed by atoms with Crippen LogP contribution in [0.3, 0.4) is 0 Å². The molecule has 1 aliphatic rings. The number of nitrogens with zero attached hydrogens (tertiary/aromatic N) is 1. The van der Waals surface area contributed by atoms with Gasteiger partial charge in [0.2, 0.25) is 5.91 Å². The number of para-hydroxylation sites is 1. The third kappa shape index (κ3) is 2.01. The highest BCUT2D eigenvalue weighted by molar-refractivity contribution is 5.97. The van der Waals surface area contributed by atoms with Crippen LogP contribution in [0.5, 0.6) is 0 Å². The van der Waals surface area contributed by atoms with Crippen LogP contribution in [0, 0.1) is 0 Å². The first kappa shape index (κ1) is 13.2. The maximum atomic E-state index is 12.8. The molecule has 1 aliphatic carbocycles. The van der Waals surface area contributed by atoms with E-state index in [2.05, 4.69) is 24.0 Å². The van der Waals surface area contributed by atoms with E-state index in [1.165, 1.54) is 10.9 Å². The van der Waals surface area contributed by atoms with Gasteiger partial charge < -0.3 is 9.88 Å². The summed E-state index contributed by atoms with van der Waals surface area (Å²) >= 11 is 0. The largest absolute Gasteiger partial charge is 0.361 e. The van der Waals surface area contributed by atoms with Gasteiger partial charge in [-0.05, 0) is 30.9 Å². The van der Waals surface area contributed by atoms with E-state index in [4.69, 9.17) is 0 Å². The van der Waals surface area contributed by atoms with Gasteiger partial charge in [0.15, 0.2) is 0 Å². The van der Waals surface area contributed by atoms with Crippen molar-refractivity contribution in [3.8, 4) is 0 Å². The smallest absolute Gasteiger partial charge is 0.233 e. The quantitative estimate of drug-likeness (QED) is 0.887. The van der Waals surface area contributed by atoms with Crippen LogP contribution in [0.1, 0.15) is 38.2 Å². The molecule has 0 saturated heterocycles. The zero-order valence-corrected chi connectivity index (χ0v) is 12.3. The van der Waals surface area contributed by atoms with Crippen molar-refractivity contribution in [1.29, 1.82) is 0 Å². The Kier molecular flexibility index (Phi) is 3.28. The molecule has 1 N–H and O–H groups in total. The minimum atomic E-state index is -0.262. The van der Waals surface area contributed by atoms with Crippen LogP contribution in [-0.2, 0) is 10.2 Å². The van der Waals surface area contributed by atoms with Crippen molar-refractivity contribution >= 4 is 16.8 Å². The lowest BCUT2D eigenvalue weighted by Crippen LogP contribution is -2.37. The number of hydrogen-bond acceptors (Lipinski definition) is 1. The molecule has 2 aromatic rings. The predicted molar refractivity (Wildman–Crippen MR) is 81.8 cm³/mol. The van der Waals surface area contributed by atoms with Gasteiger partial charge >= 0.3 is 0 Å². The van der Waals surface area contributed by atoms with Crippen LogP contribution in [0.2, 0.25) is 0 Å². The lowest BCUT2D eigenvalue weighted by atomic mass is 9.94. The molecular formula is C17H22N2O. The Hall–Kier alpha value is -1.77. The molecule has 3 nitrogen and oxygen atoms in total. The summed E-state index contributed by atoms with van der Waals surface area (Å²) in [5.41, 5.74) is 2.04. The SMILES string of the molecule is CCCCN(C)C(=O)C1(c2c[nH]c3ccccc23)CC1. The second-order valence-corrected chi connectivity index (χ2v) is 5.91. The fourth-order valence-electron chi connectivity index (χ4n) is 3.05. The summed E-state index contributed by atoms with van der Waals surface area (Å²) < 4.78 is 0. The zero-order chi connectivity index (χ0) is 14.2. The molecule has 1 fully saturated rings. The Morgan fingerprint density at radius 2 is 2.10 bits per heavy atom. The molecule has 1 amide bonds. The molecule has 106 valence electrons. The standard InChI is InChI=1S/C17H22N2O/c1-3-4-11-19(2)16(20)17(9-10-17)14-12-18-15-8-6-5-7-13(14)15/h5-8,12,18H,3-4,9-11H2,1-2H3. The first-order chi connectivity index (χ1) is 9.69. The van der Waals surface area contributed by atoms with E-state index in [0.717, 1.165) is 37.7 Å². The third-order valence-corrected chi connectivity index (χ3v) is 4.46. The number of carbonyl (C=O) groups is 1. The molecule has 20 heavy (non-hydrogen) atoms. The summed E-state index contributed by atoms with van der Waals surface area (Å²) in [6.45, 7) is 3.02. The maximum Gasteiger partial charge on any atom is 0.233 e. The molecule has 0 spiro atoms. The van der Waals surface area contributed by atoms with Crippen LogP contribution < -0.4 is 0 Å². The average molecular weight is 270 g/mol. The Labute approximate surface area is 120 Å². The number of hydrogen-bond donors (Lipinski definition) is 1. The number of H-pyrrole nitrogens is 1. The number of unbranched alkanes of at least 4 members (excludes halogenated alkanes) is 1. The highest BCUT2D eigenvalue weighted by Gasteiger charge is 2.53. The lowest BCUT2D eigenvalue weighted by molar-refractivity contribution is -0.132. The molecular weight excluding hydrogens is 248 g/mol. The molecule has 3 heteroatoms. The van der Waals surface area contributed by atoms with E-state index >= 15 is 0 Å². The molecule has 1 aromatic carbocycles. The van der Waals surface area contributed by atoms with E-state index in [9.17, 15) is 4.79 Å². The second-order valence-electron chi connectivity index (χ2n) is 5.91. The van der Waals surface area contributed by atoms with Crippen LogP contribution in [0.15, 0.2) is 30.5 Å². The van der Waals surface area contributed by atoms with Crippen molar-refractivity contribution in [2.45, 2.75) is 38.0 Å². The van der Waals surface area contributed by atoms with Crippen molar-refractivity contribution in [3.63, 3.8) is 0 Å². The molecule has 0 bridgehead atoms. The summed E-state index contributed by atoms with van der Waals surface area (Å²) in [5.74, 6) is 0.288.